The van der Waals surface area contributed by atoms with Crippen LogP contribution in [-0.4, -0.2) is 4.57 Å². The van der Waals surface area contributed by atoms with E-state index in [1.54, 1.807) is 0 Å². The van der Waals surface area contributed by atoms with Crippen molar-refractivity contribution >= 4 is 71.2 Å². The van der Waals surface area contributed by atoms with Crippen molar-refractivity contribution in [1.29, 1.82) is 0 Å². The number of benzene rings is 11. The van der Waals surface area contributed by atoms with Crippen LogP contribution in [0.3, 0.4) is 0 Å². The first-order chi connectivity index (χ1) is 30.8. The topological polar surface area (TPSA) is 8.17 Å². The molecular formula is C60H40N2. The number of rotatable bonds is 7. The number of nitrogens with zero attached hydrogens (tertiary/aromatic N) is 2. The van der Waals surface area contributed by atoms with E-state index in [9.17, 15) is 0 Å². The van der Waals surface area contributed by atoms with E-state index in [4.69, 9.17) is 0 Å². The predicted molar refractivity (Wildman–Crippen MR) is 264 cm³/mol. The van der Waals surface area contributed by atoms with Gasteiger partial charge in [0.05, 0.1) is 11.0 Å². The lowest BCUT2D eigenvalue weighted by Gasteiger charge is -2.27. The fourth-order valence-corrected chi connectivity index (χ4v) is 9.71. The Bertz CT molecular complexity index is 3620. The maximum Gasteiger partial charge on any atom is 0.0619 e. The Morgan fingerprint density at radius 2 is 0.823 bits per heavy atom. The molecule has 0 saturated heterocycles. The van der Waals surface area contributed by atoms with Crippen LogP contribution in [-0.2, 0) is 0 Å². The molecule has 1 heterocycles. The third-order valence-corrected chi connectivity index (χ3v) is 12.5. The van der Waals surface area contributed by atoms with Gasteiger partial charge in [0.25, 0.3) is 0 Å². The first-order valence-corrected chi connectivity index (χ1v) is 21.3. The van der Waals surface area contributed by atoms with Crippen LogP contribution in [0.15, 0.2) is 243 Å². The van der Waals surface area contributed by atoms with Crippen molar-refractivity contribution in [2.75, 3.05) is 4.90 Å². The Hall–Kier alpha value is -8.20. The molecule has 2 heteroatoms. The summed E-state index contributed by atoms with van der Waals surface area (Å²) in [5, 5.41) is 9.95. The fraction of sp³-hybridized carbons (Fsp3) is 0. The summed E-state index contributed by atoms with van der Waals surface area (Å²) in [6.07, 6.45) is 0. The van der Waals surface area contributed by atoms with Crippen LogP contribution in [0.2, 0.25) is 0 Å². The number of aromatic nitrogens is 1. The van der Waals surface area contributed by atoms with Crippen LogP contribution in [0.1, 0.15) is 0 Å². The van der Waals surface area contributed by atoms with E-state index in [1.165, 1.54) is 87.5 Å². The Morgan fingerprint density at radius 1 is 0.290 bits per heavy atom. The summed E-state index contributed by atoms with van der Waals surface area (Å²) < 4.78 is 2.45. The van der Waals surface area contributed by atoms with Crippen molar-refractivity contribution < 1.29 is 0 Å². The zero-order valence-electron chi connectivity index (χ0n) is 34.0. The Kier molecular flexibility index (Phi) is 8.53. The summed E-state index contributed by atoms with van der Waals surface area (Å²) in [6.45, 7) is 0. The quantitative estimate of drug-likeness (QED) is 0.146. The van der Waals surface area contributed by atoms with E-state index in [0.29, 0.717) is 0 Å². The van der Waals surface area contributed by atoms with Gasteiger partial charge < -0.3 is 9.47 Å². The average molecular weight is 789 g/mol. The van der Waals surface area contributed by atoms with Crippen LogP contribution in [0, 0.1) is 0 Å². The van der Waals surface area contributed by atoms with Crippen LogP contribution >= 0.6 is 0 Å². The monoisotopic (exact) mass is 788 g/mol. The summed E-state index contributed by atoms with van der Waals surface area (Å²) in [5.41, 5.74) is 14.1. The molecule has 0 radical (unpaired) electrons. The van der Waals surface area contributed by atoms with E-state index >= 15 is 0 Å². The first kappa shape index (κ1) is 35.7. The van der Waals surface area contributed by atoms with Crippen LogP contribution < -0.4 is 4.90 Å². The summed E-state index contributed by atoms with van der Waals surface area (Å²) in [6, 6.07) is 88.5. The molecule has 11 aromatic carbocycles. The summed E-state index contributed by atoms with van der Waals surface area (Å²) in [5.74, 6) is 0. The highest BCUT2D eigenvalue weighted by Gasteiger charge is 2.20. The van der Waals surface area contributed by atoms with Crippen molar-refractivity contribution in [2.45, 2.75) is 0 Å². The van der Waals surface area contributed by atoms with E-state index in [1.807, 2.05) is 0 Å². The zero-order valence-corrected chi connectivity index (χ0v) is 34.0. The van der Waals surface area contributed by atoms with Crippen molar-refractivity contribution in [1.82, 2.24) is 4.57 Å². The maximum atomic E-state index is 2.45. The highest BCUT2D eigenvalue weighted by Crippen LogP contribution is 2.44. The minimum Gasteiger partial charge on any atom is -0.310 e. The first-order valence-electron chi connectivity index (χ1n) is 21.3. The third-order valence-electron chi connectivity index (χ3n) is 12.5. The Morgan fingerprint density at radius 3 is 1.61 bits per heavy atom. The molecule has 12 aromatic rings. The van der Waals surface area contributed by atoms with E-state index < -0.39 is 0 Å². The second-order valence-corrected chi connectivity index (χ2v) is 16.1. The molecule has 0 unspecified atom stereocenters. The smallest absolute Gasteiger partial charge is 0.0619 e. The van der Waals surface area contributed by atoms with Crippen molar-refractivity contribution in [2.24, 2.45) is 0 Å². The average Bonchev–Trinajstić information content (AvgIpc) is 3.70. The molecule has 0 bridgehead atoms. The molecule has 0 saturated carbocycles. The molecular weight excluding hydrogens is 749 g/mol. The second kappa shape index (κ2) is 14.8. The van der Waals surface area contributed by atoms with E-state index in [0.717, 1.165) is 22.7 Å². The standard InChI is InChI=1S/C60H40N2/c1-3-15-41(16-4-1)51-24-11-12-25-53(51)44-31-34-48(35-32-44)61(50-36-38-54-46(40-50)30-29-42-17-7-9-23-52(42)54)49-22-13-19-45(39-49)55-27-14-28-58-59(55)57-37-33-43-18-8-10-26-56(43)60(57)62(58)47-20-5-2-6-21-47/h1-40H. The van der Waals surface area contributed by atoms with Gasteiger partial charge in [-0.3, -0.25) is 0 Å². The van der Waals surface area contributed by atoms with E-state index in [2.05, 4.69) is 252 Å². The minimum absolute atomic E-state index is 1.09. The summed E-state index contributed by atoms with van der Waals surface area (Å²) >= 11 is 0. The van der Waals surface area contributed by atoms with Gasteiger partial charge in [-0.05, 0) is 115 Å². The largest absolute Gasteiger partial charge is 0.310 e. The fourth-order valence-electron chi connectivity index (χ4n) is 9.71. The molecule has 62 heavy (non-hydrogen) atoms. The maximum absolute atomic E-state index is 2.45. The molecule has 0 N–H and O–H groups in total. The molecule has 0 fully saturated rings. The van der Waals surface area contributed by atoms with Crippen molar-refractivity contribution in [3.8, 4) is 39.1 Å². The molecule has 12 rings (SSSR count). The third kappa shape index (κ3) is 5.96. The second-order valence-electron chi connectivity index (χ2n) is 16.1. The normalized spacial score (nSPS) is 11.5. The van der Waals surface area contributed by atoms with E-state index in [-0.39, 0.29) is 0 Å². The Balaban J connectivity index is 1.04. The molecule has 0 atom stereocenters. The predicted octanol–water partition coefficient (Wildman–Crippen LogP) is 16.7. The molecule has 0 aliphatic heterocycles. The molecule has 0 aliphatic carbocycles. The van der Waals surface area contributed by atoms with Crippen LogP contribution in [0.4, 0.5) is 17.1 Å². The SMILES string of the molecule is c1ccc(-c2ccccc2-c2ccc(N(c3cccc(-c4cccc5c4c4ccc6ccccc6c4n5-c4ccccc4)c3)c3ccc4c(ccc5ccccc54)c3)cc2)cc1. The number of hydrogen-bond donors (Lipinski definition) is 0. The van der Waals surface area contributed by atoms with Crippen molar-refractivity contribution in [3.63, 3.8) is 0 Å². The zero-order chi connectivity index (χ0) is 41.0. The minimum atomic E-state index is 1.09. The summed E-state index contributed by atoms with van der Waals surface area (Å²) in [4.78, 5) is 2.41. The highest BCUT2D eigenvalue weighted by molar-refractivity contribution is 6.22. The number of para-hydroxylation sites is 1. The molecule has 0 spiro atoms. The van der Waals surface area contributed by atoms with Gasteiger partial charge in [-0.25, -0.2) is 0 Å². The van der Waals surface area contributed by atoms with Gasteiger partial charge in [0.1, 0.15) is 0 Å². The Labute approximate surface area is 360 Å². The molecule has 2 nitrogen and oxygen atoms in total. The lowest BCUT2D eigenvalue weighted by molar-refractivity contribution is 1.19. The van der Waals surface area contributed by atoms with Gasteiger partial charge in [-0.15, -0.1) is 0 Å². The number of hydrogen-bond acceptors (Lipinski definition) is 1. The molecule has 290 valence electrons. The van der Waals surface area contributed by atoms with Gasteiger partial charge in [0.15, 0.2) is 0 Å². The highest BCUT2D eigenvalue weighted by atomic mass is 15.1. The van der Waals surface area contributed by atoms with Gasteiger partial charge in [0, 0.05) is 38.9 Å². The lowest BCUT2D eigenvalue weighted by atomic mass is 9.94. The van der Waals surface area contributed by atoms with Crippen molar-refractivity contribution in [3.05, 3.63) is 243 Å². The number of anilines is 3. The molecule has 1 aromatic heterocycles. The van der Waals surface area contributed by atoms with Gasteiger partial charge in [0.2, 0.25) is 0 Å². The van der Waals surface area contributed by atoms with Crippen LogP contribution in [0.25, 0.3) is 93.2 Å². The van der Waals surface area contributed by atoms with Gasteiger partial charge >= 0.3 is 0 Å². The summed E-state index contributed by atoms with van der Waals surface area (Å²) in [7, 11) is 0. The van der Waals surface area contributed by atoms with Gasteiger partial charge in [-0.1, -0.05) is 188 Å². The van der Waals surface area contributed by atoms with Crippen LogP contribution in [0.5, 0.6) is 0 Å². The molecule has 0 amide bonds. The lowest BCUT2D eigenvalue weighted by Crippen LogP contribution is -2.10. The molecule has 0 aliphatic rings. The van der Waals surface area contributed by atoms with Gasteiger partial charge in [-0.2, -0.15) is 0 Å². The number of fused-ring (bicyclic) bond motifs is 8.